The van der Waals surface area contributed by atoms with Gasteiger partial charge in [0.25, 0.3) is 5.91 Å². The number of piperidine rings is 1. The number of rotatable bonds is 8. The van der Waals surface area contributed by atoms with Gasteiger partial charge < -0.3 is 9.88 Å². The lowest BCUT2D eigenvalue weighted by Gasteiger charge is -2.31. The molecule has 6 nitrogen and oxygen atoms in total. The number of carbonyl (C=O) groups is 1. The number of alkyl halides is 3. The van der Waals surface area contributed by atoms with Gasteiger partial charge in [0.2, 0.25) is 10.0 Å². The number of aromatic nitrogens is 1. The van der Waals surface area contributed by atoms with Gasteiger partial charge in [0.1, 0.15) is 0 Å². The van der Waals surface area contributed by atoms with Gasteiger partial charge in [-0.05, 0) is 80.5 Å². The molecule has 1 saturated heterocycles. The van der Waals surface area contributed by atoms with Gasteiger partial charge in [0.05, 0.1) is 11.3 Å². The highest BCUT2D eigenvalue weighted by Crippen LogP contribution is 2.40. The van der Waals surface area contributed by atoms with Crippen molar-refractivity contribution in [1.29, 1.82) is 0 Å². The van der Waals surface area contributed by atoms with E-state index < -0.39 is 21.8 Å². The molecule has 2 heterocycles. The van der Waals surface area contributed by atoms with E-state index in [1.165, 1.54) is 16.4 Å². The number of nitrogens with one attached hydrogen (secondary N) is 1. The standard InChI is InChI=1S/C28H32F3N3O3S/c1-2-38(36,37)33-13-11-20(12-14-33)18-32-27(35)21-5-10-26-22(16-21)17-25(34(26)24-8-9-24)15-19-3-6-23(7-4-19)28(29,30)31/h3-7,10,16-17,20,24H,2,8-9,11-15,18H2,1H3,(H,32,35). The van der Waals surface area contributed by atoms with Crippen LogP contribution >= 0.6 is 0 Å². The summed E-state index contributed by atoms with van der Waals surface area (Å²) >= 11 is 0. The van der Waals surface area contributed by atoms with E-state index in [2.05, 4.69) is 9.88 Å². The Labute approximate surface area is 220 Å². The molecule has 2 fully saturated rings. The van der Waals surface area contributed by atoms with Crippen LogP contribution in [0.5, 0.6) is 0 Å². The number of sulfonamides is 1. The summed E-state index contributed by atoms with van der Waals surface area (Å²) < 4.78 is 66.7. The van der Waals surface area contributed by atoms with Crippen molar-refractivity contribution in [3.05, 3.63) is 70.9 Å². The van der Waals surface area contributed by atoms with Crippen molar-refractivity contribution in [3.8, 4) is 0 Å². The summed E-state index contributed by atoms with van der Waals surface area (Å²) in [5.74, 6) is 0.169. The maximum absolute atomic E-state index is 12.9. The lowest BCUT2D eigenvalue weighted by Crippen LogP contribution is -2.42. The summed E-state index contributed by atoms with van der Waals surface area (Å²) in [5.41, 5.74) is 2.75. The van der Waals surface area contributed by atoms with E-state index in [4.69, 9.17) is 0 Å². The summed E-state index contributed by atoms with van der Waals surface area (Å²) in [5, 5.41) is 3.94. The highest BCUT2D eigenvalue weighted by atomic mass is 32.2. The second kappa shape index (κ2) is 10.4. The number of fused-ring (bicyclic) bond motifs is 1. The molecular formula is C28H32F3N3O3S. The van der Waals surface area contributed by atoms with E-state index in [1.54, 1.807) is 6.92 Å². The number of hydrogen-bond acceptors (Lipinski definition) is 3. The van der Waals surface area contributed by atoms with E-state index >= 15 is 0 Å². The molecule has 1 aromatic heterocycles. The van der Waals surface area contributed by atoms with Crippen LogP contribution < -0.4 is 5.32 Å². The van der Waals surface area contributed by atoms with Crippen LogP contribution in [0.3, 0.4) is 0 Å². The molecule has 38 heavy (non-hydrogen) atoms. The van der Waals surface area contributed by atoms with Gasteiger partial charge in [0.15, 0.2) is 0 Å². The Balaban J connectivity index is 1.26. The fourth-order valence-electron chi connectivity index (χ4n) is 5.27. The van der Waals surface area contributed by atoms with Crippen molar-refractivity contribution >= 4 is 26.8 Å². The summed E-state index contributed by atoms with van der Waals surface area (Å²) in [6.45, 7) is 3.12. The first-order chi connectivity index (χ1) is 18.0. The fraction of sp³-hybridized carbons (Fsp3) is 0.464. The summed E-state index contributed by atoms with van der Waals surface area (Å²) in [7, 11) is -3.17. The molecule has 10 heteroatoms. The Hall–Kier alpha value is -2.85. The topological polar surface area (TPSA) is 71.4 Å². The Morgan fingerprint density at radius 1 is 1.00 bits per heavy atom. The van der Waals surface area contributed by atoms with Gasteiger partial charge in [-0.25, -0.2) is 12.7 Å². The van der Waals surface area contributed by atoms with Crippen molar-refractivity contribution in [3.63, 3.8) is 0 Å². The van der Waals surface area contributed by atoms with Gasteiger partial charge in [-0.15, -0.1) is 0 Å². The third-order valence-corrected chi connectivity index (χ3v) is 9.52. The first kappa shape index (κ1) is 26.7. The first-order valence-electron chi connectivity index (χ1n) is 13.1. The average molecular weight is 548 g/mol. The number of benzene rings is 2. The predicted molar refractivity (Wildman–Crippen MR) is 141 cm³/mol. The second-order valence-electron chi connectivity index (χ2n) is 10.3. The van der Waals surface area contributed by atoms with Gasteiger partial charge in [-0.1, -0.05) is 12.1 Å². The zero-order chi connectivity index (χ0) is 27.1. The second-order valence-corrected chi connectivity index (χ2v) is 12.6. The van der Waals surface area contributed by atoms with Crippen molar-refractivity contribution in [2.24, 2.45) is 5.92 Å². The van der Waals surface area contributed by atoms with Crippen LogP contribution in [0.15, 0.2) is 48.5 Å². The van der Waals surface area contributed by atoms with Gasteiger partial charge >= 0.3 is 6.18 Å². The number of amides is 1. The van der Waals surface area contributed by atoms with E-state index in [1.807, 2.05) is 24.3 Å². The summed E-state index contributed by atoms with van der Waals surface area (Å²) in [6.07, 6.45) is -0.288. The van der Waals surface area contributed by atoms with E-state index in [0.717, 1.165) is 60.0 Å². The molecule has 0 bridgehead atoms. The molecule has 1 aliphatic heterocycles. The van der Waals surface area contributed by atoms with Crippen molar-refractivity contribution < 1.29 is 26.4 Å². The SMILES string of the molecule is CCS(=O)(=O)N1CCC(CNC(=O)c2ccc3c(c2)cc(Cc2ccc(C(F)(F)F)cc2)n3C2CC2)CC1. The molecular weight excluding hydrogens is 515 g/mol. The Bertz CT molecular complexity index is 1420. The normalized spacial score (nSPS) is 17.7. The van der Waals surface area contributed by atoms with Crippen LogP contribution in [0.1, 0.15) is 65.8 Å². The lowest BCUT2D eigenvalue weighted by molar-refractivity contribution is -0.137. The zero-order valence-corrected chi connectivity index (χ0v) is 22.1. The monoisotopic (exact) mass is 547 g/mol. The molecule has 1 aliphatic carbocycles. The molecule has 2 aliphatic rings. The largest absolute Gasteiger partial charge is 0.416 e. The average Bonchev–Trinajstić information content (AvgIpc) is 3.67. The predicted octanol–water partition coefficient (Wildman–Crippen LogP) is 5.38. The molecule has 0 radical (unpaired) electrons. The van der Waals surface area contributed by atoms with Crippen LogP contribution in [0.25, 0.3) is 10.9 Å². The molecule has 2 aromatic carbocycles. The molecule has 0 unspecified atom stereocenters. The number of halogens is 3. The lowest BCUT2D eigenvalue weighted by atomic mass is 9.98. The minimum absolute atomic E-state index is 0.103. The molecule has 3 aromatic rings. The van der Waals surface area contributed by atoms with Crippen LogP contribution in [0, 0.1) is 5.92 Å². The molecule has 1 N–H and O–H groups in total. The van der Waals surface area contributed by atoms with Crippen molar-refractivity contribution in [1.82, 2.24) is 14.2 Å². The number of hydrogen-bond donors (Lipinski definition) is 1. The Morgan fingerprint density at radius 2 is 1.68 bits per heavy atom. The quantitative estimate of drug-likeness (QED) is 0.412. The van der Waals surface area contributed by atoms with Crippen LogP contribution in [0.2, 0.25) is 0 Å². The van der Waals surface area contributed by atoms with E-state index in [9.17, 15) is 26.4 Å². The van der Waals surface area contributed by atoms with Gasteiger partial charge in [-0.2, -0.15) is 13.2 Å². The first-order valence-corrected chi connectivity index (χ1v) is 14.7. The fourth-order valence-corrected chi connectivity index (χ4v) is 6.40. The molecule has 1 saturated carbocycles. The third-order valence-electron chi connectivity index (χ3n) is 7.64. The highest BCUT2D eigenvalue weighted by molar-refractivity contribution is 7.89. The zero-order valence-electron chi connectivity index (χ0n) is 21.3. The van der Waals surface area contributed by atoms with E-state index in [0.29, 0.717) is 37.7 Å². The smallest absolute Gasteiger partial charge is 0.352 e. The molecule has 204 valence electrons. The maximum atomic E-state index is 12.9. The van der Waals surface area contributed by atoms with Gasteiger partial charge in [-0.3, -0.25) is 4.79 Å². The van der Waals surface area contributed by atoms with Crippen LogP contribution in [-0.2, 0) is 22.6 Å². The van der Waals surface area contributed by atoms with Gasteiger partial charge in [0, 0.05) is 54.3 Å². The molecule has 5 rings (SSSR count). The summed E-state index contributed by atoms with van der Waals surface area (Å²) in [6, 6.07) is 13.3. The number of nitrogens with zero attached hydrogens (tertiary/aromatic N) is 2. The third kappa shape index (κ3) is 5.76. The van der Waals surface area contributed by atoms with Crippen LogP contribution in [0.4, 0.5) is 13.2 Å². The highest BCUT2D eigenvalue weighted by Gasteiger charge is 2.31. The minimum atomic E-state index is -4.36. The Kier molecular flexibility index (Phi) is 7.30. The minimum Gasteiger partial charge on any atom is -0.352 e. The van der Waals surface area contributed by atoms with Crippen molar-refractivity contribution in [2.45, 2.75) is 51.2 Å². The Morgan fingerprint density at radius 3 is 2.29 bits per heavy atom. The number of carbonyl (C=O) groups excluding carboxylic acids is 1. The molecule has 0 spiro atoms. The summed E-state index contributed by atoms with van der Waals surface area (Å²) in [4.78, 5) is 12.9. The molecule has 1 amide bonds. The maximum Gasteiger partial charge on any atom is 0.416 e. The van der Waals surface area contributed by atoms with E-state index in [-0.39, 0.29) is 17.6 Å². The molecule has 0 atom stereocenters. The van der Waals surface area contributed by atoms with Crippen LogP contribution in [-0.4, -0.2) is 48.6 Å². The van der Waals surface area contributed by atoms with Crippen molar-refractivity contribution in [2.75, 3.05) is 25.4 Å².